The third-order valence-corrected chi connectivity index (χ3v) is 8.65. The van der Waals surface area contributed by atoms with Crippen LogP contribution in [0.15, 0.2) is 53.6 Å². The van der Waals surface area contributed by atoms with Crippen LogP contribution in [0, 0.1) is 11.8 Å². The largest absolute Gasteiger partial charge is 0.492 e. The number of hydrogen-bond acceptors (Lipinski definition) is 8. The van der Waals surface area contributed by atoms with Crippen LogP contribution in [-0.4, -0.2) is 43.0 Å². The second-order valence-electron chi connectivity index (χ2n) is 10.7. The number of nitrogens with one attached hydrogen (secondary N) is 1. The summed E-state index contributed by atoms with van der Waals surface area (Å²) in [7, 11) is -4.26. The molecule has 3 N–H and O–H groups in total. The normalized spacial score (nSPS) is 16.9. The zero-order valence-corrected chi connectivity index (χ0v) is 24.3. The van der Waals surface area contributed by atoms with Gasteiger partial charge >= 0.3 is 0 Å². The Morgan fingerprint density at radius 3 is 2.59 bits per heavy atom. The first-order valence-electron chi connectivity index (χ1n) is 12.8. The molecule has 9 nitrogen and oxygen atoms in total. The van der Waals surface area contributed by atoms with E-state index in [1.165, 1.54) is 18.2 Å². The molecule has 2 aromatic heterocycles. The highest BCUT2D eigenvalue weighted by Gasteiger charge is 2.41. The Balaban J connectivity index is 1.76. The number of nitrogens with two attached hydrogens (primary N) is 1. The number of pyridine rings is 2. The molecule has 3 heterocycles. The highest BCUT2D eigenvalue weighted by molar-refractivity contribution is 7.90. The van der Waals surface area contributed by atoms with E-state index in [2.05, 4.69) is 49.2 Å². The van der Waals surface area contributed by atoms with Crippen molar-refractivity contribution in [3.05, 3.63) is 59.1 Å². The molecule has 1 amide bonds. The van der Waals surface area contributed by atoms with Crippen LogP contribution in [-0.2, 0) is 10.0 Å². The highest BCUT2D eigenvalue weighted by Crippen LogP contribution is 2.40. The maximum absolute atomic E-state index is 13.4. The number of hydrogen-bond donors (Lipinski definition) is 2. The van der Waals surface area contributed by atoms with Gasteiger partial charge in [0.15, 0.2) is 5.03 Å². The van der Waals surface area contributed by atoms with Crippen molar-refractivity contribution in [1.82, 2.24) is 14.7 Å². The summed E-state index contributed by atoms with van der Waals surface area (Å²) >= 11 is 6.37. The average molecular weight is 572 g/mol. The first kappa shape index (κ1) is 28.6. The smallest absolute Gasteiger partial charge is 0.281 e. The number of ether oxygens (including phenoxy) is 1. The molecule has 1 atom stereocenters. The van der Waals surface area contributed by atoms with Gasteiger partial charge in [0.1, 0.15) is 17.4 Å². The fourth-order valence-electron chi connectivity index (χ4n) is 4.44. The number of nitrogen functional groups attached to an aromatic ring is 1. The number of rotatable bonds is 8. The predicted molar refractivity (Wildman–Crippen MR) is 154 cm³/mol. The van der Waals surface area contributed by atoms with E-state index in [4.69, 9.17) is 27.1 Å². The lowest BCUT2D eigenvalue weighted by Gasteiger charge is -2.36. The number of carbonyl (C=O) groups is 1. The molecule has 0 bridgehead atoms. The molecule has 0 aliphatic carbocycles. The average Bonchev–Trinajstić information content (AvgIpc) is 3.14. The fourth-order valence-corrected chi connectivity index (χ4v) is 5.55. The Kier molecular flexibility index (Phi) is 8.09. The molecule has 208 valence electrons. The van der Waals surface area contributed by atoms with Gasteiger partial charge in [0, 0.05) is 17.6 Å². The first-order chi connectivity index (χ1) is 18.3. The van der Waals surface area contributed by atoms with Crippen LogP contribution in [0.1, 0.15) is 51.4 Å². The van der Waals surface area contributed by atoms with Gasteiger partial charge in [-0.2, -0.15) is 8.42 Å². The molecule has 39 heavy (non-hydrogen) atoms. The summed E-state index contributed by atoms with van der Waals surface area (Å²) in [5.74, 6) is 0.819. The van der Waals surface area contributed by atoms with Gasteiger partial charge in [-0.1, -0.05) is 44.5 Å². The molecular formula is C28H34ClN5O4S. The Bertz CT molecular complexity index is 1490. The van der Waals surface area contributed by atoms with E-state index in [9.17, 15) is 13.2 Å². The molecule has 1 fully saturated rings. The molecule has 1 aliphatic rings. The standard InChI is InChI=1S/C28H34ClN5O4S/c1-17(2)16-38-23-15-19(9-11-21(23)29)22-12-10-20(26(31-22)34-14-13-18(3)28(34,4)5)27(35)33-39(36,37)25-8-6-7-24(30)32-25/h6-12,15,17-18H,13-14,16H2,1-5H3,(H2,30,32)(H,33,35). The molecule has 0 spiro atoms. The van der Waals surface area contributed by atoms with Gasteiger partial charge in [0.05, 0.1) is 22.9 Å². The van der Waals surface area contributed by atoms with Gasteiger partial charge in [0.25, 0.3) is 15.9 Å². The zero-order valence-electron chi connectivity index (χ0n) is 22.7. The number of carbonyl (C=O) groups excluding carboxylic acids is 1. The summed E-state index contributed by atoms with van der Waals surface area (Å²) in [5.41, 5.74) is 6.83. The van der Waals surface area contributed by atoms with E-state index >= 15 is 0 Å². The first-order valence-corrected chi connectivity index (χ1v) is 14.7. The van der Waals surface area contributed by atoms with Crippen LogP contribution < -0.4 is 20.1 Å². The molecular weight excluding hydrogens is 538 g/mol. The molecule has 0 saturated carbocycles. The van der Waals surface area contributed by atoms with Gasteiger partial charge in [-0.05, 0) is 68.5 Å². The molecule has 1 aliphatic heterocycles. The van der Waals surface area contributed by atoms with Crippen molar-refractivity contribution in [2.45, 2.75) is 51.6 Å². The van der Waals surface area contributed by atoms with Crippen LogP contribution in [0.5, 0.6) is 5.75 Å². The number of nitrogens with zero attached hydrogens (tertiary/aromatic N) is 3. The summed E-state index contributed by atoms with van der Waals surface area (Å²) in [6, 6.07) is 12.9. The summed E-state index contributed by atoms with van der Waals surface area (Å²) < 4.78 is 33.9. The van der Waals surface area contributed by atoms with E-state index in [1.54, 1.807) is 18.2 Å². The lowest BCUT2D eigenvalue weighted by atomic mass is 9.90. The van der Waals surface area contributed by atoms with E-state index in [-0.39, 0.29) is 21.9 Å². The Labute approximate surface area is 234 Å². The topological polar surface area (TPSA) is 128 Å². The Morgan fingerprint density at radius 1 is 1.21 bits per heavy atom. The minimum absolute atomic E-state index is 0.0320. The predicted octanol–water partition coefficient (Wildman–Crippen LogP) is 5.16. The monoisotopic (exact) mass is 571 g/mol. The Hall–Kier alpha value is -3.37. The van der Waals surface area contributed by atoms with E-state index in [0.717, 1.165) is 12.0 Å². The molecule has 4 rings (SSSR count). The lowest BCUT2D eigenvalue weighted by molar-refractivity contribution is 0.0981. The van der Waals surface area contributed by atoms with Crippen molar-refractivity contribution in [2.24, 2.45) is 11.8 Å². The van der Waals surface area contributed by atoms with E-state index in [0.29, 0.717) is 47.3 Å². The van der Waals surface area contributed by atoms with Crippen molar-refractivity contribution < 1.29 is 17.9 Å². The van der Waals surface area contributed by atoms with Gasteiger partial charge in [0.2, 0.25) is 0 Å². The second kappa shape index (κ2) is 11.0. The van der Waals surface area contributed by atoms with Gasteiger partial charge in [-0.15, -0.1) is 0 Å². The van der Waals surface area contributed by atoms with Crippen molar-refractivity contribution in [3.63, 3.8) is 0 Å². The molecule has 11 heteroatoms. The van der Waals surface area contributed by atoms with Crippen molar-refractivity contribution >= 4 is 39.2 Å². The third-order valence-electron chi connectivity index (χ3n) is 7.11. The maximum Gasteiger partial charge on any atom is 0.281 e. The van der Waals surface area contributed by atoms with Crippen molar-refractivity contribution in [3.8, 4) is 17.0 Å². The number of aromatic nitrogens is 2. The summed E-state index contributed by atoms with van der Waals surface area (Å²) in [4.78, 5) is 24.2. The van der Waals surface area contributed by atoms with Crippen LogP contribution in [0.4, 0.5) is 11.6 Å². The van der Waals surface area contributed by atoms with Gasteiger partial charge < -0.3 is 15.4 Å². The van der Waals surface area contributed by atoms with Crippen LogP contribution in [0.25, 0.3) is 11.3 Å². The third kappa shape index (κ3) is 6.12. The van der Waals surface area contributed by atoms with E-state index in [1.807, 2.05) is 12.1 Å². The summed E-state index contributed by atoms with van der Waals surface area (Å²) in [6.07, 6.45) is 0.902. The molecule has 1 aromatic carbocycles. The highest BCUT2D eigenvalue weighted by atomic mass is 35.5. The van der Waals surface area contributed by atoms with Gasteiger partial charge in [-0.3, -0.25) is 4.79 Å². The fraction of sp³-hybridized carbons (Fsp3) is 0.393. The SMILES string of the molecule is CC(C)COc1cc(-c2ccc(C(=O)NS(=O)(=O)c3cccc(N)n3)c(N3CCC(C)C3(C)C)n2)ccc1Cl. The lowest BCUT2D eigenvalue weighted by Crippen LogP contribution is -2.43. The second-order valence-corrected chi connectivity index (χ2v) is 12.8. The number of benzene rings is 1. The Morgan fingerprint density at radius 2 is 1.95 bits per heavy atom. The van der Waals surface area contributed by atoms with Gasteiger partial charge in [-0.25, -0.2) is 14.7 Å². The number of sulfonamides is 1. The van der Waals surface area contributed by atoms with Crippen LogP contribution in [0.3, 0.4) is 0 Å². The molecule has 1 saturated heterocycles. The minimum atomic E-state index is -4.26. The van der Waals surface area contributed by atoms with Crippen LogP contribution in [0.2, 0.25) is 5.02 Å². The summed E-state index contributed by atoms with van der Waals surface area (Å²) in [6.45, 7) is 11.6. The number of amides is 1. The molecule has 1 unspecified atom stereocenters. The van der Waals surface area contributed by atoms with Crippen LogP contribution >= 0.6 is 11.6 Å². The molecule has 3 aromatic rings. The number of halogens is 1. The van der Waals surface area contributed by atoms with E-state index < -0.39 is 15.9 Å². The quantitative estimate of drug-likeness (QED) is 0.379. The minimum Gasteiger partial charge on any atom is -0.492 e. The van der Waals surface area contributed by atoms with Crippen molar-refractivity contribution in [2.75, 3.05) is 23.8 Å². The molecule has 0 radical (unpaired) electrons. The number of anilines is 2. The maximum atomic E-state index is 13.4. The summed E-state index contributed by atoms with van der Waals surface area (Å²) in [5, 5.41) is 0.151. The van der Waals surface area contributed by atoms with Crippen molar-refractivity contribution in [1.29, 1.82) is 0 Å². The zero-order chi connectivity index (χ0) is 28.5.